The van der Waals surface area contributed by atoms with E-state index in [0.29, 0.717) is 27.3 Å². The molecule has 0 saturated carbocycles. The van der Waals surface area contributed by atoms with Gasteiger partial charge in [-0.25, -0.2) is 4.68 Å². The van der Waals surface area contributed by atoms with Crippen molar-refractivity contribution in [1.82, 2.24) is 20.0 Å². The molecule has 6 nitrogen and oxygen atoms in total. The van der Waals surface area contributed by atoms with Crippen molar-refractivity contribution in [2.75, 3.05) is 0 Å². The number of ether oxygens (including phenoxy) is 1. The van der Waals surface area contributed by atoms with Gasteiger partial charge in [-0.15, -0.1) is 0 Å². The molecule has 8 heteroatoms. The van der Waals surface area contributed by atoms with E-state index in [4.69, 9.17) is 10.00 Å². The second-order valence-electron chi connectivity index (χ2n) is 6.94. The van der Waals surface area contributed by atoms with Gasteiger partial charge in [0.25, 0.3) is 0 Å². The highest BCUT2D eigenvalue weighted by Gasteiger charge is 2.24. The van der Waals surface area contributed by atoms with E-state index in [1.54, 1.807) is 6.07 Å². The molecule has 1 N–H and O–H groups in total. The van der Waals surface area contributed by atoms with Crippen LogP contribution in [0.25, 0.3) is 22.2 Å². The molecular weight excluding hydrogens is 376 g/mol. The Morgan fingerprint density at radius 1 is 1.24 bits per heavy atom. The Hall–Kier alpha value is -3.73. The van der Waals surface area contributed by atoms with Gasteiger partial charge in [0.2, 0.25) is 0 Å². The van der Waals surface area contributed by atoms with Crippen molar-refractivity contribution in [2.45, 2.75) is 25.5 Å². The summed E-state index contributed by atoms with van der Waals surface area (Å²) in [5.41, 5.74) is 4.71. The number of hydrogen-bond acceptors (Lipinski definition) is 4. The van der Waals surface area contributed by atoms with Gasteiger partial charge in [0, 0.05) is 17.1 Å². The highest BCUT2D eigenvalue weighted by atomic mass is 19.3. The number of nitrogens with one attached hydrogen (secondary N) is 1. The first-order valence-electron chi connectivity index (χ1n) is 9.13. The van der Waals surface area contributed by atoms with E-state index in [2.05, 4.69) is 21.4 Å². The third kappa shape index (κ3) is 3.01. The number of nitrogens with zero attached hydrogens (tertiary/aromatic N) is 4. The van der Waals surface area contributed by atoms with E-state index in [1.165, 1.54) is 12.4 Å². The standard InChI is InChI=1S/C21H15F2N5O/c22-21(23)28-11-14(10-25-28)20-17-8-15(3-5-18(17)26-27-20)29-19-6-2-13-7-12(9-24)1-4-16(13)19/h1,3-5,7-8,10-11,19,21H,2,6H2,(H,26,27)/t19-/m1/s1. The molecule has 144 valence electrons. The number of hydrogen-bond donors (Lipinski definition) is 1. The summed E-state index contributed by atoms with van der Waals surface area (Å²) in [6, 6.07) is 13.4. The zero-order chi connectivity index (χ0) is 20.0. The van der Waals surface area contributed by atoms with Gasteiger partial charge in [-0.2, -0.15) is 24.2 Å². The molecule has 1 aliphatic rings. The molecule has 0 amide bonds. The van der Waals surface area contributed by atoms with Crippen molar-refractivity contribution in [1.29, 1.82) is 5.26 Å². The summed E-state index contributed by atoms with van der Waals surface area (Å²) >= 11 is 0. The summed E-state index contributed by atoms with van der Waals surface area (Å²) < 4.78 is 32.5. The number of rotatable bonds is 4. The lowest BCUT2D eigenvalue weighted by Crippen LogP contribution is -2.03. The maximum Gasteiger partial charge on any atom is 0.333 e. The number of halogens is 2. The topological polar surface area (TPSA) is 79.5 Å². The highest BCUT2D eigenvalue weighted by molar-refractivity contribution is 5.93. The Morgan fingerprint density at radius 3 is 2.93 bits per heavy atom. The second kappa shape index (κ2) is 6.71. The Balaban J connectivity index is 1.46. The molecule has 0 unspecified atom stereocenters. The first-order valence-corrected chi connectivity index (χ1v) is 9.13. The number of alkyl halides is 2. The van der Waals surface area contributed by atoms with Crippen molar-refractivity contribution in [3.05, 3.63) is 65.5 Å². The number of H-pyrrole nitrogens is 1. The molecule has 29 heavy (non-hydrogen) atoms. The summed E-state index contributed by atoms with van der Waals surface area (Å²) in [5, 5.41) is 20.7. The third-order valence-electron chi connectivity index (χ3n) is 5.18. The van der Waals surface area contributed by atoms with Crippen LogP contribution in [0.5, 0.6) is 5.75 Å². The molecule has 0 radical (unpaired) electrons. The summed E-state index contributed by atoms with van der Waals surface area (Å²) in [6.45, 7) is -2.70. The normalized spacial score (nSPS) is 15.6. The van der Waals surface area contributed by atoms with Crippen LogP contribution in [0.2, 0.25) is 0 Å². The fraction of sp³-hybridized carbons (Fsp3) is 0.190. The van der Waals surface area contributed by atoms with Crippen LogP contribution < -0.4 is 4.74 Å². The lowest BCUT2D eigenvalue weighted by atomic mass is 10.1. The molecule has 0 saturated heterocycles. The zero-order valence-electron chi connectivity index (χ0n) is 15.1. The summed E-state index contributed by atoms with van der Waals surface area (Å²) in [7, 11) is 0. The van der Waals surface area contributed by atoms with Gasteiger partial charge >= 0.3 is 6.55 Å². The van der Waals surface area contributed by atoms with Gasteiger partial charge < -0.3 is 4.74 Å². The predicted octanol–water partition coefficient (Wildman–Crippen LogP) is 4.76. The van der Waals surface area contributed by atoms with Crippen molar-refractivity contribution in [3.8, 4) is 23.1 Å². The van der Waals surface area contributed by atoms with Crippen LogP contribution in [0.4, 0.5) is 8.78 Å². The fourth-order valence-electron chi connectivity index (χ4n) is 3.79. The number of nitriles is 1. The van der Waals surface area contributed by atoms with Crippen molar-refractivity contribution in [2.24, 2.45) is 0 Å². The van der Waals surface area contributed by atoms with Crippen LogP contribution in [0.15, 0.2) is 48.8 Å². The zero-order valence-corrected chi connectivity index (χ0v) is 15.1. The lowest BCUT2D eigenvalue weighted by molar-refractivity contribution is 0.0566. The molecule has 4 aromatic rings. The van der Waals surface area contributed by atoms with Crippen LogP contribution in [-0.4, -0.2) is 20.0 Å². The first kappa shape index (κ1) is 17.4. The largest absolute Gasteiger partial charge is 0.486 e. The van der Waals surface area contributed by atoms with Gasteiger partial charge in [0.15, 0.2) is 0 Å². The molecule has 2 aromatic carbocycles. The maximum absolute atomic E-state index is 12.8. The van der Waals surface area contributed by atoms with Crippen LogP contribution in [-0.2, 0) is 6.42 Å². The van der Waals surface area contributed by atoms with E-state index < -0.39 is 6.55 Å². The van der Waals surface area contributed by atoms with Crippen molar-refractivity contribution < 1.29 is 13.5 Å². The molecule has 0 fully saturated rings. The lowest BCUT2D eigenvalue weighted by Gasteiger charge is -2.15. The predicted molar refractivity (Wildman–Crippen MR) is 101 cm³/mol. The van der Waals surface area contributed by atoms with Crippen LogP contribution >= 0.6 is 0 Å². The average Bonchev–Trinajstić information content (AvgIpc) is 3.45. The monoisotopic (exact) mass is 391 g/mol. The number of benzene rings is 2. The molecule has 0 aliphatic heterocycles. The number of aryl methyl sites for hydroxylation is 1. The molecule has 0 bridgehead atoms. The minimum Gasteiger partial charge on any atom is -0.486 e. The van der Waals surface area contributed by atoms with Crippen LogP contribution in [0.1, 0.15) is 35.8 Å². The fourth-order valence-corrected chi connectivity index (χ4v) is 3.79. The Labute approximate surface area is 164 Å². The smallest absolute Gasteiger partial charge is 0.333 e. The summed E-state index contributed by atoms with van der Waals surface area (Å²) in [4.78, 5) is 0. The van der Waals surface area contributed by atoms with E-state index >= 15 is 0 Å². The minimum absolute atomic E-state index is 0.0906. The van der Waals surface area contributed by atoms with Gasteiger partial charge in [0.1, 0.15) is 17.5 Å². The number of fused-ring (bicyclic) bond motifs is 2. The van der Waals surface area contributed by atoms with E-state index in [9.17, 15) is 8.78 Å². The molecule has 1 aliphatic carbocycles. The third-order valence-corrected chi connectivity index (χ3v) is 5.18. The highest BCUT2D eigenvalue weighted by Crippen LogP contribution is 2.37. The van der Waals surface area contributed by atoms with Crippen molar-refractivity contribution in [3.63, 3.8) is 0 Å². The average molecular weight is 391 g/mol. The van der Waals surface area contributed by atoms with Gasteiger partial charge in [-0.05, 0) is 54.3 Å². The quantitative estimate of drug-likeness (QED) is 0.544. The first-order chi connectivity index (χ1) is 14.1. The molecule has 2 aromatic heterocycles. The van der Waals surface area contributed by atoms with E-state index in [0.717, 1.165) is 34.9 Å². The van der Waals surface area contributed by atoms with E-state index in [1.807, 2.05) is 30.3 Å². The summed E-state index contributed by atoms with van der Waals surface area (Å²) in [5.74, 6) is 0.670. The number of aromatic nitrogens is 4. The molecule has 1 atom stereocenters. The molecule has 5 rings (SSSR count). The van der Waals surface area contributed by atoms with Gasteiger partial charge in [0.05, 0.1) is 23.3 Å². The number of aromatic amines is 1. The Bertz CT molecular complexity index is 1250. The molecule has 2 heterocycles. The SMILES string of the molecule is N#Cc1ccc2c(c1)CC[C@H]2Oc1ccc2[nH]nc(-c3cnn(C(F)F)c3)c2c1. The maximum atomic E-state index is 12.8. The Morgan fingerprint density at radius 2 is 2.14 bits per heavy atom. The van der Waals surface area contributed by atoms with Crippen LogP contribution in [0.3, 0.4) is 0 Å². The summed E-state index contributed by atoms with van der Waals surface area (Å²) in [6.07, 6.45) is 4.25. The minimum atomic E-state index is -2.70. The van der Waals surface area contributed by atoms with Gasteiger partial charge in [-0.3, -0.25) is 5.10 Å². The molecule has 0 spiro atoms. The van der Waals surface area contributed by atoms with E-state index in [-0.39, 0.29) is 6.10 Å². The second-order valence-corrected chi connectivity index (χ2v) is 6.94. The van der Waals surface area contributed by atoms with Crippen molar-refractivity contribution >= 4 is 10.9 Å². The van der Waals surface area contributed by atoms with Crippen LogP contribution in [0, 0.1) is 11.3 Å². The van der Waals surface area contributed by atoms with Gasteiger partial charge in [-0.1, -0.05) is 6.07 Å². The Kier molecular flexibility index (Phi) is 4.02. The molecular formula is C21H15F2N5O.